The lowest BCUT2D eigenvalue weighted by Crippen LogP contribution is -2.35. The molecule has 0 fully saturated rings. The highest BCUT2D eigenvalue weighted by molar-refractivity contribution is 5.76. The second-order valence-electron chi connectivity index (χ2n) is 4.46. The van der Waals surface area contributed by atoms with E-state index < -0.39 is 30.6 Å². The molecule has 1 heterocycles. The van der Waals surface area contributed by atoms with Crippen molar-refractivity contribution in [1.29, 1.82) is 0 Å². The van der Waals surface area contributed by atoms with Crippen molar-refractivity contribution in [3.63, 3.8) is 0 Å². The average molecular weight is 300 g/mol. The van der Waals surface area contributed by atoms with Crippen LogP contribution in [0.5, 0.6) is 5.88 Å². The Balaban J connectivity index is 2.66. The van der Waals surface area contributed by atoms with E-state index >= 15 is 0 Å². The fraction of sp³-hybridized carbons (Fsp3) is 0.462. The first-order valence-corrected chi connectivity index (χ1v) is 6.29. The quantitative estimate of drug-likeness (QED) is 0.606. The first kappa shape index (κ1) is 16.8. The molecule has 0 bridgehead atoms. The van der Waals surface area contributed by atoms with E-state index in [1.807, 2.05) is 0 Å². The fourth-order valence-electron chi connectivity index (χ4n) is 1.72. The monoisotopic (exact) mass is 300 g/mol. The number of nitrogens with two attached hydrogens (primary N) is 1. The zero-order valence-electron chi connectivity index (χ0n) is 11.2. The van der Waals surface area contributed by atoms with Gasteiger partial charge >= 0.3 is 11.9 Å². The molecule has 0 aliphatic heterocycles. The van der Waals surface area contributed by atoms with Gasteiger partial charge in [0.1, 0.15) is 19.3 Å². The topological polar surface area (TPSA) is 123 Å². The third kappa shape index (κ3) is 5.74. The van der Waals surface area contributed by atoms with Gasteiger partial charge < -0.3 is 20.7 Å². The third-order valence-corrected chi connectivity index (χ3v) is 2.81. The summed E-state index contributed by atoms with van der Waals surface area (Å²) in [6, 6.07) is 1.87. The van der Waals surface area contributed by atoms with Crippen LogP contribution in [0.3, 0.4) is 0 Å². The highest BCUT2D eigenvalue weighted by Crippen LogP contribution is 2.16. The lowest BCUT2D eigenvalue weighted by atomic mass is 9.94. The molecular formula is C13H17FN2O5. The van der Waals surface area contributed by atoms with Crippen LogP contribution in [0.25, 0.3) is 0 Å². The molecule has 0 unspecified atom stereocenters. The van der Waals surface area contributed by atoms with Gasteiger partial charge in [-0.3, -0.25) is 9.59 Å². The van der Waals surface area contributed by atoms with Crippen LogP contribution >= 0.6 is 0 Å². The number of rotatable bonds is 9. The van der Waals surface area contributed by atoms with E-state index in [4.69, 9.17) is 20.7 Å². The Bertz CT molecular complexity index is 480. The van der Waals surface area contributed by atoms with E-state index in [1.165, 1.54) is 12.3 Å². The summed E-state index contributed by atoms with van der Waals surface area (Å²) >= 11 is 0. The highest BCUT2D eigenvalue weighted by Gasteiger charge is 2.24. The molecule has 0 aliphatic rings. The summed E-state index contributed by atoms with van der Waals surface area (Å²) in [5.41, 5.74) is 5.96. The molecule has 0 saturated carbocycles. The van der Waals surface area contributed by atoms with E-state index in [0.29, 0.717) is 5.56 Å². The van der Waals surface area contributed by atoms with E-state index in [1.54, 1.807) is 6.07 Å². The van der Waals surface area contributed by atoms with Crippen molar-refractivity contribution in [2.24, 2.45) is 11.7 Å². The van der Waals surface area contributed by atoms with E-state index in [9.17, 15) is 14.0 Å². The number of alkyl halides is 1. The SMILES string of the molecule is N[C@@H](C[C@H](Cc1ccc(OCCF)nc1)C(=O)O)C(=O)O. The lowest BCUT2D eigenvalue weighted by Gasteiger charge is -2.15. The number of carboxylic acids is 2. The van der Waals surface area contributed by atoms with Crippen molar-refractivity contribution in [2.45, 2.75) is 18.9 Å². The van der Waals surface area contributed by atoms with Gasteiger partial charge in [-0.25, -0.2) is 9.37 Å². The number of pyridine rings is 1. The summed E-state index contributed by atoms with van der Waals surface area (Å²) in [4.78, 5) is 25.7. The van der Waals surface area contributed by atoms with Gasteiger partial charge in [-0.05, 0) is 18.4 Å². The molecule has 1 rings (SSSR count). The van der Waals surface area contributed by atoms with Gasteiger partial charge in [-0.1, -0.05) is 6.07 Å². The minimum Gasteiger partial charge on any atom is -0.481 e. The molecule has 0 aliphatic carbocycles. The van der Waals surface area contributed by atoms with Crippen LogP contribution in [-0.2, 0) is 16.0 Å². The van der Waals surface area contributed by atoms with E-state index in [2.05, 4.69) is 4.98 Å². The minimum atomic E-state index is -1.24. The standard InChI is InChI=1S/C13H17FN2O5/c14-3-4-21-11-2-1-8(7-16-11)5-9(12(17)18)6-10(15)13(19)20/h1-2,7,9-10H,3-6,15H2,(H,17,18)(H,19,20)/t9-,10-/m0/s1. The van der Waals surface area contributed by atoms with Crippen LogP contribution in [0.2, 0.25) is 0 Å². The predicted molar refractivity (Wildman–Crippen MR) is 70.8 cm³/mol. The number of hydrogen-bond acceptors (Lipinski definition) is 5. The summed E-state index contributed by atoms with van der Waals surface area (Å²) in [5.74, 6) is -3.04. The number of halogens is 1. The van der Waals surface area contributed by atoms with Crippen LogP contribution in [-0.4, -0.2) is 46.5 Å². The zero-order chi connectivity index (χ0) is 15.8. The van der Waals surface area contributed by atoms with Crippen LogP contribution in [0.4, 0.5) is 4.39 Å². The van der Waals surface area contributed by atoms with E-state index in [0.717, 1.165) is 0 Å². The highest BCUT2D eigenvalue weighted by atomic mass is 19.1. The molecule has 0 amide bonds. The molecule has 4 N–H and O–H groups in total. The average Bonchev–Trinajstić information content (AvgIpc) is 2.45. The summed E-state index contributed by atoms with van der Waals surface area (Å²) in [5, 5.41) is 17.8. The van der Waals surface area contributed by atoms with Gasteiger partial charge in [0.25, 0.3) is 0 Å². The molecule has 0 radical (unpaired) electrons. The summed E-state index contributed by atoms with van der Waals surface area (Å²) in [6.45, 7) is -0.727. The molecule has 1 aromatic rings. The molecule has 1 aromatic heterocycles. The second-order valence-corrected chi connectivity index (χ2v) is 4.46. The van der Waals surface area contributed by atoms with Crippen LogP contribution in [0.1, 0.15) is 12.0 Å². The molecule has 7 nitrogen and oxygen atoms in total. The summed E-state index contributed by atoms with van der Waals surface area (Å²) in [7, 11) is 0. The molecule has 116 valence electrons. The minimum absolute atomic E-state index is 0.0996. The maximum absolute atomic E-state index is 11.9. The number of hydrogen-bond donors (Lipinski definition) is 3. The largest absolute Gasteiger partial charge is 0.481 e. The first-order valence-electron chi connectivity index (χ1n) is 6.29. The van der Waals surface area contributed by atoms with Crippen molar-refractivity contribution in [3.8, 4) is 5.88 Å². The zero-order valence-corrected chi connectivity index (χ0v) is 11.2. The smallest absolute Gasteiger partial charge is 0.320 e. The van der Waals surface area contributed by atoms with Gasteiger partial charge in [0.15, 0.2) is 0 Å². The molecule has 2 atom stereocenters. The third-order valence-electron chi connectivity index (χ3n) is 2.81. The van der Waals surface area contributed by atoms with E-state index in [-0.39, 0.29) is 25.3 Å². The Morgan fingerprint density at radius 2 is 2.05 bits per heavy atom. The van der Waals surface area contributed by atoms with Gasteiger partial charge in [0.2, 0.25) is 5.88 Å². The molecule has 0 saturated heterocycles. The van der Waals surface area contributed by atoms with Crippen molar-refractivity contribution < 1.29 is 28.9 Å². The number of nitrogens with zero attached hydrogens (tertiary/aromatic N) is 1. The number of ether oxygens (including phenoxy) is 1. The number of carboxylic acid groups (broad SMARTS) is 2. The number of aromatic nitrogens is 1. The summed E-state index contributed by atoms with van der Waals surface area (Å²) < 4.78 is 16.9. The lowest BCUT2D eigenvalue weighted by molar-refractivity contribution is -0.143. The summed E-state index contributed by atoms with van der Waals surface area (Å²) in [6.07, 6.45) is 1.34. The van der Waals surface area contributed by atoms with Crippen LogP contribution < -0.4 is 10.5 Å². The van der Waals surface area contributed by atoms with Gasteiger partial charge in [-0.15, -0.1) is 0 Å². The molecular weight excluding hydrogens is 283 g/mol. The normalized spacial score (nSPS) is 13.4. The van der Waals surface area contributed by atoms with Crippen molar-refractivity contribution in [1.82, 2.24) is 4.98 Å². The Labute approximate surface area is 120 Å². The Morgan fingerprint density at radius 3 is 2.52 bits per heavy atom. The Kier molecular flexibility index (Phi) is 6.54. The van der Waals surface area contributed by atoms with Crippen molar-refractivity contribution in [3.05, 3.63) is 23.9 Å². The Hall–Kier alpha value is -2.22. The van der Waals surface area contributed by atoms with Crippen LogP contribution in [0.15, 0.2) is 18.3 Å². The maximum Gasteiger partial charge on any atom is 0.320 e. The van der Waals surface area contributed by atoms with Crippen molar-refractivity contribution >= 4 is 11.9 Å². The molecule has 8 heteroatoms. The van der Waals surface area contributed by atoms with Crippen molar-refractivity contribution in [2.75, 3.05) is 13.3 Å². The number of aliphatic carboxylic acids is 2. The van der Waals surface area contributed by atoms with Gasteiger partial charge in [0, 0.05) is 12.3 Å². The molecule has 21 heavy (non-hydrogen) atoms. The van der Waals surface area contributed by atoms with Gasteiger partial charge in [-0.2, -0.15) is 0 Å². The second kappa shape index (κ2) is 8.15. The van der Waals surface area contributed by atoms with Crippen LogP contribution in [0, 0.1) is 5.92 Å². The fourth-order valence-corrected chi connectivity index (χ4v) is 1.72. The molecule has 0 aromatic carbocycles. The maximum atomic E-state index is 11.9. The number of carbonyl (C=O) groups is 2. The predicted octanol–water partition coefficient (Wildman–Crippen LogP) is 0.475. The Morgan fingerprint density at radius 1 is 1.33 bits per heavy atom. The molecule has 0 spiro atoms. The van der Waals surface area contributed by atoms with Gasteiger partial charge in [0.05, 0.1) is 5.92 Å². The first-order chi connectivity index (χ1) is 9.93.